The van der Waals surface area contributed by atoms with E-state index in [0.717, 1.165) is 30.3 Å². The Hall–Kier alpha value is -0.760. The molecule has 0 spiro atoms. The molecule has 0 fully saturated rings. The Morgan fingerprint density at radius 1 is 1.15 bits per heavy atom. The molecular weight excluding hydrogens is 361 g/mol. The van der Waals surface area contributed by atoms with Crippen molar-refractivity contribution in [2.24, 2.45) is 0 Å². The zero-order chi connectivity index (χ0) is 20.1. The zero-order valence-electron chi connectivity index (χ0n) is 16.5. The van der Waals surface area contributed by atoms with E-state index >= 15 is 0 Å². The minimum Gasteiger partial charge on any atom is -0.458 e. The summed E-state index contributed by atoms with van der Waals surface area (Å²) in [5.74, 6) is -0.525. The molecule has 154 valence electrons. The van der Waals surface area contributed by atoms with Crippen molar-refractivity contribution >= 4 is 13.8 Å². The van der Waals surface area contributed by atoms with Gasteiger partial charge in [0.2, 0.25) is 0 Å². The van der Waals surface area contributed by atoms with Gasteiger partial charge in [0.15, 0.2) is 0 Å². The molecule has 0 saturated carbocycles. The Bertz CT molecular complexity index is 451. The van der Waals surface area contributed by atoms with Crippen LogP contribution in [0.1, 0.15) is 32.6 Å². The van der Waals surface area contributed by atoms with Gasteiger partial charge in [-0.05, 0) is 19.3 Å². The van der Waals surface area contributed by atoms with Gasteiger partial charge < -0.3 is 18.9 Å². The molecule has 0 radical (unpaired) electrons. The van der Waals surface area contributed by atoms with Crippen LogP contribution in [-0.4, -0.2) is 75.6 Å². The lowest BCUT2D eigenvalue weighted by molar-refractivity contribution is -0.870. The fourth-order valence-corrected chi connectivity index (χ4v) is 2.86. The monoisotopic (exact) mass is 396 g/mol. The molecule has 0 heterocycles. The second kappa shape index (κ2) is 13.4. The maximum atomic E-state index is 11.9. The number of hydrogen-bond acceptors (Lipinski definition) is 6. The molecule has 8 nitrogen and oxygen atoms in total. The molecule has 0 aromatic rings. The van der Waals surface area contributed by atoms with E-state index in [2.05, 4.69) is 27.7 Å². The first kappa shape index (κ1) is 25.2. The third-order valence-corrected chi connectivity index (χ3v) is 4.26. The second-order valence-corrected chi connectivity index (χ2v) is 8.54. The molecule has 0 bridgehead atoms. The van der Waals surface area contributed by atoms with Crippen molar-refractivity contribution in [3.8, 4) is 0 Å². The van der Waals surface area contributed by atoms with Crippen LogP contribution in [0.4, 0.5) is 0 Å². The summed E-state index contributed by atoms with van der Waals surface area (Å²) in [6.07, 6.45) is 4.52. The van der Waals surface area contributed by atoms with Crippen molar-refractivity contribution < 1.29 is 37.3 Å². The number of unbranched alkanes of at least 4 members (excludes halogenated alkanes) is 3. The minimum absolute atomic E-state index is 0.0396. The van der Waals surface area contributed by atoms with E-state index in [1.165, 1.54) is 6.92 Å². The second-order valence-electron chi connectivity index (χ2n) is 7.08. The van der Waals surface area contributed by atoms with Gasteiger partial charge in [-0.15, -0.1) is 6.58 Å². The lowest BCUT2D eigenvalue weighted by Crippen LogP contribution is -2.35. The summed E-state index contributed by atoms with van der Waals surface area (Å²) in [5.41, 5.74) is 0. The van der Waals surface area contributed by atoms with Crippen LogP contribution in [0, 0.1) is 0 Å². The molecule has 1 unspecified atom stereocenters. The zero-order valence-corrected chi connectivity index (χ0v) is 17.4. The van der Waals surface area contributed by atoms with Crippen LogP contribution in [-0.2, 0) is 27.9 Å². The number of ether oxygens (including phenoxy) is 2. The first-order valence-corrected chi connectivity index (χ1v) is 10.3. The van der Waals surface area contributed by atoms with Gasteiger partial charge in [0.25, 0.3) is 0 Å². The normalized spacial score (nSPS) is 15.3. The lowest BCUT2D eigenvalue weighted by atomic mass is 10.2. The Morgan fingerprint density at radius 3 is 2.38 bits per heavy atom. The summed E-state index contributed by atoms with van der Waals surface area (Å²) in [6, 6.07) is 0. The number of nitrogens with zero attached hydrogens (tertiary/aromatic N) is 1. The van der Waals surface area contributed by atoms with Crippen LogP contribution in [0.5, 0.6) is 0 Å². The molecule has 0 aliphatic rings. The van der Waals surface area contributed by atoms with Gasteiger partial charge in [0, 0.05) is 6.92 Å². The standard InChI is InChI=1S/C17H34NO7P/c1-6-12-22-14-17(25-16(2)19)15-24-26(20,21)23-13-10-8-7-9-11-18(3,4)5/h6,17H,1,7-15H2,2-5H3/p+1/t17-/m0/s1. The van der Waals surface area contributed by atoms with Crippen LogP contribution in [0.25, 0.3) is 0 Å². The number of esters is 1. The first-order chi connectivity index (χ1) is 12.1. The first-order valence-electron chi connectivity index (χ1n) is 8.84. The number of carbonyl (C=O) groups is 1. The SMILES string of the molecule is C=CCOC[C@@H](COP(=O)(O)OCCCCCC[N+](C)(C)C)OC(C)=O. The van der Waals surface area contributed by atoms with Gasteiger partial charge in [-0.1, -0.05) is 12.5 Å². The van der Waals surface area contributed by atoms with Gasteiger partial charge in [-0.25, -0.2) is 4.57 Å². The topological polar surface area (TPSA) is 91.3 Å². The molecule has 9 heteroatoms. The van der Waals surface area contributed by atoms with Crippen LogP contribution in [0.2, 0.25) is 0 Å². The van der Waals surface area contributed by atoms with Crippen molar-refractivity contribution in [3.63, 3.8) is 0 Å². The number of rotatable bonds is 16. The van der Waals surface area contributed by atoms with E-state index < -0.39 is 19.9 Å². The van der Waals surface area contributed by atoms with Crippen LogP contribution >= 0.6 is 7.82 Å². The fraction of sp³-hybridized carbons (Fsp3) is 0.824. The third kappa shape index (κ3) is 16.7. The molecular formula is C17H35NO7P+. The molecule has 0 amide bonds. The minimum atomic E-state index is -4.18. The molecule has 0 saturated heterocycles. The summed E-state index contributed by atoms with van der Waals surface area (Å²) in [7, 11) is 2.26. The van der Waals surface area contributed by atoms with E-state index in [-0.39, 0.29) is 26.4 Å². The van der Waals surface area contributed by atoms with E-state index in [0.29, 0.717) is 6.42 Å². The van der Waals surface area contributed by atoms with Crippen molar-refractivity contribution in [3.05, 3.63) is 12.7 Å². The third-order valence-electron chi connectivity index (χ3n) is 3.27. The Morgan fingerprint density at radius 2 is 1.81 bits per heavy atom. The maximum Gasteiger partial charge on any atom is 0.472 e. The highest BCUT2D eigenvalue weighted by atomic mass is 31.2. The molecule has 0 rings (SSSR count). The summed E-state index contributed by atoms with van der Waals surface area (Å²) >= 11 is 0. The van der Waals surface area contributed by atoms with E-state index in [9.17, 15) is 14.3 Å². The highest BCUT2D eigenvalue weighted by Crippen LogP contribution is 2.43. The van der Waals surface area contributed by atoms with Crippen molar-refractivity contribution in [1.29, 1.82) is 0 Å². The molecule has 0 aromatic heterocycles. The Balaban J connectivity index is 4.00. The predicted molar refractivity (Wildman–Crippen MR) is 99.7 cm³/mol. The molecule has 1 N–H and O–H groups in total. The molecule has 2 atom stereocenters. The van der Waals surface area contributed by atoms with Crippen molar-refractivity contribution in [1.82, 2.24) is 0 Å². The van der Waals surface area contributed by atoms with E-state index in [1.807, 2.05) is 0 Å². The summed E-state index contributed by atoms with van der Waals surface area (Å²) in [4.78, 5) is 20.7. The van der Waals surface area contributed by atoms with Crippen LogP contribution in [0.3, 0.4) is 0 Å². The Kier molecular flexibility index (Phi) is 13.0. The van der Waals surface area contributed by atoms with Crippen LogP contribution < -0.4 is 0 Å². The molecule has 26 heavy (non-hydrogen) atoms. The smallest absolute Gasteiger partial charge is 0.458 e. The average molecular weight is 396 g/mol. The number of phosphoric acid groups is 1. The highest BCUT2D eigenvalue weighted by molar-refractivity contribution is 7.47. The van der Waals surface area contributed by atoms with E-state index in [4.69, 9.17) is 18.5 Å². The number of quaternary nitrogens is 1. The summed E-state index contributed by atoms with van der Waals surface area (Å²) < 4.78 is 32.8. The van der Waals surface area contributed by atoms with Gasteiger partial charge in [-0.3, -0.25) is 13.8 Å². The number of hydrogen-bond donors (Lipinski definition) is 1. The summed E-state index contributed by atoms with van der Waals surface area (Å²) in [6.45, 7) is 6.02. The van der Waals surface area contributed by atoms with Gasteiger partial charge >= 0.3 is 13.8 Å². The maximum absolute atomic E-state index is 11.9. The molecule has 0 aliphatic carbocycles. The van der Waals surface area contributed by atoms with E-state index in [1.54, 1.807) is 6.08 Å². The predicted octanol–water partition coefficient (Wildman–Crippen LogP) is 2.52. The van der Waals surface area contributed by atoms with Gasteiger partial charge in [-0.2, -0.15) is 0 Å². The fourth-order valence-electron chi connectivity index (χ4n) is 2.07. The summed E-state index contributed by atoms with van der Waals surface area (Å²) in [5, 5.41) is 0. The van der Waals surface area contributed by atoms with Gasteiger partial charge in [0.05, 0.1) is 54.1 Å². The largest absolute Gasteiger partial charge is 0.472 e. The highest BCUT2D eigenvalue weighted by Gasteiger charge is 2.24. The lowest BCUT2D eigenvalue weighted by Gasteiger charge is -2.23. The van der Waals surface area contributed by atoms with Crippen molar-refractivity contribution in [2.75, 3.05) is 54.1 Å². The Labute approximate surface area is 157 Å². The number of phosphoric ester groups is 1. The van der Waals surface area contributed by atoms with Crippen molar-refractivity contribution in [2.45, 2.75) is 38.7 Å². The average Bonchev–Trinajstić information content (AvgIpc) is 2.50. The molecule has 0 aliphatic heterocycles. The number of carbonyl (C=O) groups excluding carboxylic acids is 1. The molecule has 0 aromatic carbocycles. The van der Waals surface area contributed by atoms with Crippen LogP contribution in [0.15, 0.2) is 12.7 Å². The quantitative estimate of drug-likeness (QED) is 0.141. The van der Waals surface area contributed by atoms with Gasteiger partial charge in [0.1, 0.15) is 6.10 Å².